The van der Waals surface area contributed by atoms with E-state index in [1.807, 2.05) is 5.38 Å². The van der Waals surface area contributed by atoms with Crippen LogP contribution in [-0.2, 0) is 0 Å². The number of rotatable bonds is 2. The highest BCUT2D eigenvalue weighted by Gasteiger charge is 2.31. The maximum absolute atomic E-state index is 13.9. The molecular formula is C12H11FN4S. The minimum absolute atomic E-state index is 0.117. The molecular weight excluding hydrogens is 251 g/mol. The second-order valence-electron chi connectivity index (χ2n) is 3.95. The van der Waals surface area contributed by atoms with E-state index in [1.54, 1.807) is 28.6 Å². The fourth-order valence-corrected chi connectivity index (χ4v) is 2.65. The molecule has 4 nitrogen and oxygen atoms in total. The lowest BCUT2D eigenvalue weighted by Gasteiger charge is -2.25. The van der Waals surface area contributed by atoms with Gasteiger partial charge in [-0.1, -0.05) is 12.1 Å². The summed E-state index contributed by atoms with van der Waals surface area (Å²) in [6, 6.07) is 6.43. The summed E-state index contributed by atoms with van der Waals surface area (Å²) in [5.41, 5.74) is 8.92. The van der Waals surface area contributed by atoms with Crippen LogP contribution in [-0.4, -0.2) is 17.5 Å². The fourth-order valence-electron chi connectivity index (χ4n) is 2.05. The molecule has 18 heavy (non-hydrogen) atoms. The predicted octanol–water partition coefficient (Wildman–Crippen LogP) is 2.16. The van der Waals surface area contributed by atoms with Crippen molar-refractivity contribution < 1.29 is 4.39 Å². The number of anilines is 1. The van der Waals surface area contributed by atoms with Crippen molar-refractivity contribution in [3.63, 3.8) is 0 Å². The van der Waals surface area contributed by atoms with Crippen molar-refractivity contribution in [2.75, 3.05) is 11.4 Å². The van der Waals surface area contributed by atoms with Crippen LogP contribution in [0.4, 0.5) is 10.1 Å². The van der Waals surface area contributed by atoms with Crippen LogP contribution in [0.5, 0.6) is 0 Å². The van der Waals surface area contributed by atoms with Crippen LogP contribution in [0.3, 0.4) is 0 Å². The van der Waals surface area contributed by atoms with Gasteiger partial charge in [0.15, 0.2) is 5.96 Å². The van der Waals surface area contributed by atoms with E-state index >= 15 is 0 Å². The molecule has 2 aromatic rings. The first-order valence-electron chi connectivity index (χ1n) is 5.49. The van der Waals surface area contributed by atoms with Gasteiger partial charge in [-0.3, -0.25) is 9.89 Å². The van der Waals surface area contributed by atoms with Crippen LogP contribution in [0.15, 0.2) is 40.1 Å². The van der Waals surface area contributed by atoms with Crippen LogP contribution in [0.1, 0.15) is 11.7 Å². The molecule has 0 aliphatic carbocycles. The summed E-state index contributed by atoms with van der Waals surface area (Å²) in [5.74, 6) is 0.0240. The third-order valence-electron chi connectivity index (χ3n) is 2.89. The summed E-state index contributed by atoms with van der Waals surface area (Å²) in [5, 5.41) is 1.94. The smallest absolute Gasteiger partial charge is 0.196 e. The average molecular weight is 262 g/mol. The second-order valence-corrected chi connectivity index (χ2v) is 4.67. The number of halogens is 1. The second kappa shape index (κ2) is 4.38. The van der Waals surface area contributed by atoms with Gasteiger partial charge in [0.25, 0.3) is 0 Å². The van der Waals surface area contributed by atoms with Crippen molar-refractivity contribution in [2.45, 2.75) is 6.04 Å². The third-order valence-corrected chi connectivity index (χ3v) is 3.49. The molecule has 0 saturated carbocycles. The Labute approximate surface area is 108 Å². The molecule has 3 rings (SSSR count). The Morgan fingerprint density at radius 3 is 2.94 bits per heavy atom. The molecule has 0 bridgehead atoms. The lowest BCUT2D eigenvalue weighted by molar-refractivity contribution is 0.618. The molecule has 0 amide bonds. The van der Waals surface area contributed by atoms with E-state index in [4.69, 9.17) is 5.73 Å². The van der Waals surface area contributed by atoms with Crippen molar-refractivity contribution >= 4 is 23.0 Å². The molecule has 1 atom stereocenters. The Morgan fingerprint density at radius 1 is 1.39 bits per heavy atom. The van der Waals surface area contributed by atoms with Crippen LogP contribution in [0, 0.1) is 5.82 Å². The first-order valence-corrected chi connectivity index (χ1v) is 6.43. The van der Waals surface area contributed by atoms with Crippen LogP contribution < -0.4 is 10.6 Å². The van der Waals surface area contributed by atoms with Crippen LogP contribution in [0.2, 0.25) is 0 Å². The number of hydrogen-bond acceptors (Lipinski definition) is 5. The maximum atomic E-state index is 13.9. The zero-order valence-electron chi connectivity index (χ0n) is 9.45. The van der Waals surface area contributed by atoms with Gasteiger partial charge in [0, 0.05) is 5.38 Å². The largest absolute Gasteiger partial charge is 0.369 e. The van der Waals surface area contributed by atoms with E-state index in [9.17, 15) is 4.39 Å². The van der Waals surface area contributed by atoms with E-state index in [0.717, 1.165) is 5.69 Å². The lowest BCUT2D eigenvalue weighted by Crippen LogP contribution is -2.36. The van der Waals surface area contributed by atoms with E-state index in [1.165, 1.54) is 17.4 Å². The Kier molecular flexibility index (Phi) is 2.71. The van der Waals surface area contributed by atoms with E-state index in [2.05, 4.69) is 9.98 Å². The standard InChI is InChI=1S/C12H11FN4S/c13-8-3-1-2-4-10(8)17-11(5-15-12(17)14)9-6-18-7-16-9/h1-4,6-7,11H,5H2,(H2,14,15). The molecule has 0 fully saturated rings. The zero-order valence-corrected chi connectivity index (χ0v) is 10.3. The van der Waals surface area contributed by atoms with Gasteiger partial charge in [-0.25, -0.2) is 9.37 Å². The van der Waals surface area contributed by atoms with Gasteiger partial charge in [0.1, 0.15) is 5.82 Å². The quantitative estimate of drug-likeness (QED) is 0.902. The highest BCUT2D eigenvalue weighted by atomic mass is 32.1. The number of hydrogen-bond donors (Lipinski definition) is 1. The Balaban J connectivity index is 2.03. The minimum Gasteiger partial charge on any atom is -0.369 e. The summed E-state index contributed by atoms with van der Waals surface area (Å²) in [4.78, 5) is 10.2. The number of benzene rings is 1. The number of nitrogens with zero attached hydrogens (tertiary/aromatic N) is 3. The Hall–Kier alpha value is -1.95. The van der Waals surface area contributed by atoms with E-state index in [-0.39, 0.29) is 11.9 Å². The summed E-state index contributed by atoms with van der Waals surface area (Å²) < 4.78 is 13.9. The van der Waals surface area contributed by atoms with E-state index in [0.29, 0.717) is 18.2 Å². The van der Waals surface area contributed by atoms with Gasteiger partial charge < -0.3 is 5.73 Å². The SMILES string of the molecule is NC1=NCC(c2cscn2)N1c1ccccc1F. The van der Waals surface area contributed by atoms with E-state index < -0.39 is 0 Å². The lowest BCUT2D eigenvalue weighted by atomic mass is 10.2. The third kappa shape index (κ3) is 1.74. The van der Waals surface area contributed by atoms with Crippen molar-refractivity contribution in [1.82, 2.24) is 4.98 Å². The normalized spacial score (nSPS) is 19.1. The first-order chi connectivity index (χ1) is 8.77. The Morgan fingerprint density at radius 2 is 2.22 bits per heavy atom. The summed E-state index contributed by atoms with van der Waals surface area (Å²) >= 11 is 1.51. The van der Waals surface area contributed by atoms with Gasteiger partial charge in [-0.15, -0.1) is 11.3 Å². The number of thiazole rings is 1. The molecule has 2 N–H and O–H groups in total. The fraction of sp³-hybridized carbons (Fsp3) is 0.167. The predicted molar refractivity (Wildman–Crippen MR) is 70.2 cm³/mol. The Bertz CT molecular complexity index is 582. The van der Waals surface area contributed by atoms with Crippen molar-refractivity contribution in [2.24, 2.45) is 10.7 Å². The van der Waals surface area contributed by atoms with Gasteiger partial charge in [-0.2, -0.15) is 0 Å². The van der Waals surface area contributed by atoms with Gasteiger partial charge in [0.2, 0.25) is 0 Å². The van der Waals surface area contributed by atoms with Crippen LogP contribution >= 0.6 is 11.3 Å². The summed E-state index contributed by atoms with van der Waals surface area (Å²) in [7, 11) is 0. The summed E-state index contributed by atoms with van der Waals surface area (Å²) in [6.07, 6.45) is 0. The number of nitrogens with two attached hydrogens (primary N) is 1. The number of aliphatic imine (C=N–C) groups is 1. The number of aromatic nitrogens is 1. The highest BCUT2D eigenvalue weighted by molar-refractivity contribution is 7.07. The number of guanidine groups is 1. The average Bonchev–Trinajstić information content (AvgIpc) is 2.99. The van der Waals surface area contributed by atoms with Gasteiger partial charge >= 0.3 is 0 Å². The minimum atomic E-state index is -0.308. The van der Waals surface area contributed by atoms with Crippen LogP contribution in [0.25, 0.3) is 0 Å². The first kappa shape index (κ1) is 11.2. The van der Waals surface area contributed by atoms with Crippen molar-refractivity contribution in [3.8, 4) is 0 Å². The highest BCUT2D eigenvalue weighted by Crippen LogP contribution is 2.32. The van der Waals surface area contributed by atoms with Gasteiger partial charge in [-0.05, 0) is 12.1 Å². The maximum Gasteiger partial charge on any atom is 0.196 e. The molecule has 0 radical (unpaired) electrons. The monoisotopic (exact) mass is 262 g/mol. The molecule has 0 spiro atoms. The molecule has 1 aromatic heterocycles. The van der Waals surface area contributed by atoms with Gasteiger partial charge in [0.05, 0.1) is 29.5 Å². The molecule has 2 heterocycles. The van der Waals surface area contributed by atoms with Crippen molar-refractivity contribution in [1.29, 1.82) is 0 Å². The molecule has 92 valence electrons. The molecule has 1 aliphatic rings. The summed E-state index contributed by atoms with van der Waals surface area (Å²) in [6.45, 7) is 0.504. The molecule has 0 saturated heterocycles. The molecule has 6 heteroatoms. The topological polar surface area (TPSA) is 54.5 Å². The number of para-hydroxylation sites is 1. The molecule has 1 aromatic carbocycles. The van der Waals surface area contributed by atoms with Crippen molar-refractivity contribution in [3.05, 3.63) is 46.7 Å². The molecule has 1 aliphatic heterocycles. The molecule has 1 unspecified atom stereocenters. The zero-order chi connectivity index (χ0) is 12.5.